The standard InChI is InChI=1S/C24H25BrF2N4O5S/c1-2-36-24(34)20-18(10-31-9-14(27)7-15(31)11-35-12-19(32)33)29-22(23-28-5-6-37-23)30-21(20)16-4-3-13(26)8-17(16)25/h3-6,8,14-15,21H,2,7,9-12H2,1H3,(H,29,30)(H,32,33). The van der Waals surface area contributed by atoms with Gasteiger partial charge in [0.05, 0.1) is 18.8 Å². The maximum absolute atomic E-state index is 14.5. The van der Waals surface area contributed by atoms with Crippen molar-refractivity contribution in [2.24, 2.45) is 4.99 Å². The van der Waals surface area contributed by atoms with Crippen LogP contribution in [0.25, 0.3) is 0 Å². The van der Waals surface area contributed by atoms with Crippen LogP contribution < -0.4 is 5.32 Å². The molecule has 1 aromatic carbocycles. The first-order valence-corrected chi connectivity index (χ1v) is 13.2. The molecule has 0 bridgehead atoms. The van der Waals surface area contributed by atoms with Crippen molar-refractivity contribution < 1.29 is 33.0 Å². The molecule has 9 nitrogen and oxygen atoms in total. The predicted molar refractivity (Wildman–Crippen MR) is 136 cm³/mol. The lowest BCUT2D eigenvalue weighted by molar-refractivity contribution is -0.143. The van der Waals surface area contributed by atoms with E-state index in [0.717, 1.165) is 0 Å². The number of thiazole rings is 1. The molecular formula is C24H25BrF2N4O5S. The van der Waals surface area contributed by atoms with E-state index >= 15 is 0 Å². The fourth-order valence-electron chi connectivity index (χ4n) is 4.34. The quantitative estimate of drug-likeness (QED) is 0.400. The van der Waals surface area contributed by atoms with Crippen molar-refractivity contribution in [1.82, 2.24) is 15.2 Å². The summed E-state index contributed by atoms with van der Waals surface area (Å²) in [5.74, 6) is -1.76. The minimum absolute atomic E-state index is 0.0229. The topological polar surface area (TPSA) is 113 Å². The predicted octanol–water partition coefficient (Wildman–Crippen LogP) is 3.47. The molecule has 4 rings (SSSR count). The van der Waals surface area contributed by atoms with Gasteiger partial charge in [-0.25, -0.2) is 23.4 Å². The van der Waals surface area contributed by atoms with Crippen LogP contribution in [0.5, 0.6) is 0 Å². The number of hydrogen-bond donors (Lipinski definition) is 2. The molecule has 1 saturated heterocycles. The first-order chi connectivity index (χ1) is 17.8. The van der Waals surface area contributed by atoms with Crippen LogP contribution >= 0.6 is 27.3 Å². The molecule has 1 aromatic heterocycles. The number of esters is 1. The molecule has 198 valence electrons. The summed E-state index contributed by atoms with van der Waals surface area (Å²) < 4.78 is 39.4. The van der Waals surface area contributed by atoms with Crippen molar-refractivity contribution in [3.8, 4) is 0 Å². The van der Waals surface area contributed by atoms with Gasteiger partial charge in [0.2, 0.25) is 0 Å². The van der Waals surface area contributed by atoms with Gasteiger partial charge in [-0.05, 0) is 31.0 Å². The molecule has 37 heavy (non-hydrogen) atoms. The Hall–Kier alpha value is -2.74. The fraction of sp³-hybridized carbons (Fsp3) is 0.417. The van der Waals surface area contributed by atoms with Crippen molar-refractivity contribution >= 4 is 45.0 Å². The van der Waals surface area contributed by atoms with E-state index < -0.39 is 42.6 Å². The number of likely N-dealkylation sites (tertiary alicyclic amines) is 1. The number of aliphatic imine (C=N–C) groups is 1. The Morgan fingerprint density at radius 1 is 1.38 bits per heavy atom. The van der Waals surface area contributed by atoms with Gasteiger partial charge in [0.15, 0.2) is 10.8 Å². The van der Waals surface area contributed by atoms with Crippen molar-refractivity contribution in [2.45, 2.75) is 31.6 Å². The largest absolute Gasteiger partial charge is 0.480 e. The van der Waals surface area contributed by atoms with E-state index in [-0.39, 0.29) is 38.3 Å². The van der Waals surface area contributed by atoms with E-state index in [2.05, 4.69) is 26.2 Å². The lowest BCUT2D eigenvalue weighted by Crippen LogP contribution is -2.42. The zero-order valence-corrected chi connectivity index (χ0v) is 22.2. The Morgan fingerprint density at radius 3 is 2.86 bits per heavy atom. The average molecular weight is 599 g/mol. The van der Waals surface area contributed by atoms with Gasteiger partial charge in [-0.3, -0.25) is 9.89 Å². The number of hydrogen-bond acceptors (Lipinski definition) is 9. The summed E-state index contributed by atoms with van der Waals surface area (Å²) in [5, 5.41) is 14.4. The lowest BCUT2D eigenvalue weighted by Gasteiger charge is -2.31. The Labute approximate surface area is 224 Å². The van der Waals surface area contributed by atoms with Crippen molar-refractivity contribution in [2.75, 3.05) is 32.9 Å². The number of nitrogens with zero attached hydrogens (tertiary/aromatic N) is 3. The zero-order valence-electron chi connectivity index (χ0n) is 19.8. The highest BCUT2D eigenvalue weighted by atomic mass is 79.9. The monoisotopic (exact) mass is 598 g/mol. The molecule has 2 aliphatic rings. The fourth-order valence-corrected chi connectivity index (χ4v) is 5.50. The highest BCUT2D eigenvalue weighted by Gasteiger charge is 2.38. The van der Waals surface area contributed by atoms with Crippen LogP contribution in [-0.4, -0.2) is 77.9 Å². The van der Waals surface area contributed by atoms with Crippen LogP contribution in [0.1, 0.15) is 30.0 Å². The molecule has 1 fully saturated rings. The summed E-state index contributed by atoms with van der Waals surface area (Å²) in [6.45, 7) is 1.54. The number of carboxylic acid groups (broad SMARTS) is 1. The highest BCUT2D eigenvalue weighted by molar-refractivity contribution is 9.10. The molecule has 3 unspecified atom stereocenters. The number of carbonyl (C=O) groups is 2. The lowest BCUT2D eigenvalue weighted by atomic mass is 9.95. The second-order valence-corrected chi connectivity index (χ2v) is 10.2. The summed E-state index contributed by atoms with van der Waals surface area (Å²) in [6.07, 6.45) is 0.659. The summed E-state index contributed by atoms with van der Waals surface area (Å²) in [6, 6.07) is 2.88. The van der Waals surface area contributed by atoms with Gasteiger partial charge in [0.25, 0.3) is 0 Å². The van der Waals surface area contributed by atoms with Crippen molar-refractivity contribution in [3.63, 3.8) is 0 Å². The molecule has 0 aliphatic carbocycles. The van der Waals surface area contributed by atoms with Crippen LogP contribution in [0.2, 0.25) is 0 Å². The molecule has 0 radical (unpaired) electrons. The van der Waals surface area contributed by atoms with E-state index in [9.17, 15) is 18.4 Å². The van der Waals surface area contributed by atoms with E-state index in [1.807, 2.05) is 0 Å². The Morgan fingerprint density at radius 2 is 2.19 bits per heavy atom. The number of benzene rings is 1. The number of aromatic nitrogens is 1. The first kappa shape index (κ1) is 27.3. The third-order valence-corrected chi connectivity index (χ3v) is 7.35. The Kier molecular flexibility index (Phi) is 9.00. The highest BCUT2D eigenvalue weighted by Crippen LogP contribution is 2.37. The molecule has 3 atom stereocenters. The normalized spacial score (nSPS) is 22.1. The van der Waals surface area contributed by atoms with Gasteiger partial charge in [0, 0.05) is 40.9 Å². The first-order valence-electron chi connectivity index (χ1n) is 11.5. The van der Waals surface area contributed by atoms with Crippen LogP contribution in [0, 0.1) is 5.82 Å². The van der Waals surface area contributed by atoms with Gasteiger partial charge in [0.1, 0.15) is 24.6 Å². The molecular weight excluding hydrogens is 574 g/mol. The second-order valence-electron chi connectivity index (χ2n) is 8.45. The van der Waals surface area contributed by atoms with Gasteiger partial charge in [-0.15, -0.1) is 11.3 Å². The van der Waals surface area contributed by atoms with Crippen LogP contribution in [0.4, 0.5) is 8.78 Å². The molecule has 2 aromatic rings. The summed E-state index contributed by atoms with van der Waals surface area (Å²) in [4.78, 5) is 35.0. The molecule has 0 saturated carbocycles. The number of amidine groups is 1. The number of alkyl halides is 1. The van der Waals surface area contributed by atoms with E-state index in [0.29, 0.717) is 26.6 Å². The number of carbonyl (C=O) groups excluding carboxylic acids is 1. The van der Waals surface area contributed by atoms with Gasteiger partial charge in [-0.2, -0.15) is 0 Å². The average Bonchev–Trinajstić information content (AvgIpc) is 3.49. The number of ether oxygens (including phenoxy) is 2. The Balaban J connectivity index is 1.74. The smallest absolute Gasteiger partial charge is 0.338 e. The summed E-state index contributed by atoms with van der Waals surface area (Å²) in [5.41, 5.74) is 1.20. The molecule has 3 heterocycles. The molecule has 0 amide bonds. The van der Waals surface area contributed by atoms with Crippen LogP contribution in [0.15, 0.2) is 50.5 Å². The SMILES string of the molecule is CCOC(=O)C1=C(CN2CC(F)CC2COCC(=O)O)NC(c2nccs2)=NC1c1ccc(F)cc1Br. The Bertz CT molecular complexity index is 1210. The van der Waals surface area contributed by atoms with Crippen LogP contribution in [0.3, 0.4) is 0 Å². The maximum Gasteiger partial charge on any atom is 0.338 e. The van der Waals surface area contributed by atoms with Crippen molar-refractivity contribution in [3.05, 3.63) is 61.9 Å². The van der Waals surface area contributed by atoms with Crippen molar-refractivity contribution in [1.29, 1.82) is 0 Å². The van der Waals surface area contributed by atoms with E-state index in [1.54, 1.807) is 29.5 Å². The second kappa shape index (κ2) is 12.2. The number of carboxylic acids is 1. The molecule has 2 aliphatic heterocycles. The van der Waals surface area contributed by atoms with E-state index in [1.165, 1.54) is 23.5 Å². The minimum atomic E-state index is -1.14. The van der Waals surface area contributed by atoms with Gasteiger partial charge < -0.3 is 19.9 Å². The van der Waals surface area contributed by atoms with Crippen LogP contribution in [-0.2, 0) is 19.1 Å². The number of rotatable bonds is 10. The van der Waals surface area contributed by atoms with E-state index in [4.69, 9.17) is 19.6 Å². The zero-order chi connectivity index (χ0) is 26.5. The summed E-state index contributed by atoms with van der Waals surface area (Å²) >= 11 is 4.74. The molecule has 0 spiro atoms. The number of aliphatic carboxylic acids is 1. The number of nitrogens with one attached hydrogen (secondary N) is 1. The molecule has 2 N–H and O–H groups in total. The summed E-state index contributed by atoms with van der Waals surface area (Å²) in [7, 11) is 0. The van der Waals surface area contributed by atoms with Gasteiger partial charge >= 0.3 is 11.9 Å². The third-order valence-electron chi connectivity index (χ3n) is 5.89. The van der Waals surface area contributed by atoms with Gasteiger partial charge in [-0.1, -0.05) is 22.0 Å². The third kappa shape index (κ3) is 6.58. The minimum Gasteiger partial charge on any atom is -0.480 e. The maximum atomic E-state index is 14.5. The number of halogens is 3. The molecule has 13 heteroatoms.